The summed E-state index contributed by atoms with van der Waals surface area (Å²) in [6.07, 6.45) is 5.39. The molecule has 2 saturated carbocycles. The monoisotopic (exact) mass is 470 g/mol. The molecule has 0 saturated heterocycles. The third kappa shape index (κ3) is 3.94. The molecule has 0 spiro atoms. The van der Waals surface area contributed by atoms with Crippen LogP contribution in [0.25, 0.3) is 0 Å². The summed E-state index contributed by atoms with van der Waals surface area (Å²) in [4.78, 5) is 11.4. The number of hydrogen-bond acceptors (Lipinski definition) is 5. The van der Waals surface area contributed by atoms with Crippen molar-refractivity contribution in [2.24, 2.45) is 5.92 Å². The lowest BCUT2D eigenvalue weighted by Gasteiger charge is -2.20. The normalized spacial score (nSPS) is 21.3. The first-order valence-electron chi connectivity index (χ1n) is 10.3. The molecule has 0 heterocycles. The Kier molecular flexibility index (Phi) is 4.91. The first kappa shape index (κ1) is 20.9. The largest absolute Gasteiger partial charge is 0.488 e. The number of benzene rings is 2. The third-order valence-electron chi connectivity index (χ3n) is 6.06. The van der Waals surface area contributed by atoms with Crippen LogP contribution in [0.1, 0.15) is 53.1 Å². The van der Waals surface area contributed by atoms with E-state index in [-0.39, 0.29) is 44.5 Å². The van der Waals surface area contributed by atoms with Crippen LogP contribution in [-0.4, -0.2) is 25.6 Å². The predicted octanol–water partition coefficient (Wildman–Crippen LogP) is 4.69. The lowest BCUT2D eigenvalue weighted by molar-refractivity contribution is 0.0696. The molecular weight excluding hydrogens is 452 g/mol. The summed E-state index contributed by atoms with van der Waals surface area (Å²) in [5.41, 5.74) is 2.02. The second-order valence-corrected chi connectivity index (χ2v) is 10.5. The Hall–Kier alpha value is -3.02. The van der Waals surface area contributed by atoms with Crippen LogP contribution in [0.2, 0.25) is 5.02 Å². The maximum Gasteiger partial charge on any atom is 0.335 e. The molecule has 0 unspecified atom stereocenters. The number of carboxylic acids is 1. The zero-order valence-electron chi connectivity index (χ0n) is 16.8. The second kappa shape index (κ2) is 7.54. The Morgan fingerprint density at radius 3 is 2.66 bits per heavy atom. The minimum atomic E-state index is -4.16. The summed E-state index contributed by atoms with van der Waals surface area (Å²) >= 11 is 6.19. The molecule has 7 nitrogen and oxygen atoms in total. The Bertz CT molecular complexity index is 1320. The summed E-state index contributed by atoms with van der Waals surface area (Å²) in [6, 6.07) is 8.91. The molecule has 0 amide bonds. The Morgan fingerprint density at radius 1 is 1.25 bits per heavy atom. The lowest BCUT2D eigenvalue weighted by Crippen LogP contribution is -2.19. The van der Waals surface area contributed by atoms with E-state index in [4.69, 9.17) is 16.3 Å². The summed E-state index contributed by atoms with van der Waals surface area (Å²) in [7, 11) is -4.16. The van der Waals surface area contributed by atoms with Gasteiger partial charge in [-0.1, -0.05) is 29.3 Å². The van der Waals surface area contributed by atoms with Crippen molar-refractivity contribution >= 4 is 33.3 Å². The molecule has 2 aromatic carbocycles. The fraction of sp³-hybridized carbons (Fsp3) is 0.304. The highest BCUT2D eigenvalue weighted by molar-refractivity contribution is 7.92. The fourth-order valence-electron chi connectivity index (χ4n) is 4.20. The van der Waals surface area contributed by atoms with Crippen LogP contribution in [0.3, 0.4) is 0 Å². The number of fused-ring (bicyclic) bond motifs is 1. The van der Waals surface area contributed by atoms with Crippen molar-refractivity contribution in [3.05, 3.63) is 63.7 Å². The maximum absolute atomic E-state index is 13.4. The average Bonchev–Trinajstić information content (AvgIpc) is 3.68. The number of ether oxygens (including phenoxy) is 1. The number of nitrogens with one attached hydrogen (secondary N) is 1. The van der Waals surface area contributed by atoms with Gasteiger partial charge in [0, 0.05) is 18.4 Å². The van der Waals surface area contributed by atoms with Gasteiger partial charge < -0.3 is 9.84 Å². The Morgan fingerprint density at radius 2 is 2.03 bits per heavy atom. The molecule has 32 heavy (non-hydrogen) atoms. The SMILES string of the molecule is N#Cc1cc(NS(=O)(=O)c2cc(C(=O)O)ccc2C2CC2)c(O[C@H]2CC3=C[C@H]3C2)cc1Cl. The van der Waals surface area contributed by atoms with E-state index in [1.165, 1.54) is 29.8 Å². The molecule has 164 valence electrons. The Labute approximate surface area is 190 Å². The van der Waals surface area contributed by atoms with Crippen LogP contribution >= 0.6 is 11.6 Å². The highest BCUT2D eigenvalue weighted by Crippen LogP contribution is 2.47. The number of nitrogens with zero attached hydrogens (tertiary/aromatic N) is 1. The van der Waals surface area contributed by atoms with Gasteiger partial charge in [0.2, 0.25) is 0 Å². The number of nitriles is 1. The molecule has 0 radical (unpaired) electrons. The van der Waals surface area contributed by atoms with Crippen molar-refractivity contribution in [3.8, 4) is 11.8 Å². The number of halogens is 1. The first-order chi connectivity index (χ1) is 15.2. The topological polar surface area (TPSA) is 116 Å². The summed E-state index contributed by atoms with van der Waals surface area (Å²) in [6.45, 7) is 0. The van der Waals surface area contributed by atoms with Crippen molar-refractivity contribution in [2.75, 3.05) is 4.72 Å². The van der Waals surface area contributed by atoms with Crippen LogP contribution in [0, 0.1) is 17.2 Å². The van der Waals surface area contributed by atoms with Crippen molar-refractivity contribution in [1.29, 1.82) is 5.26 Å². The molecule has 5 rings (SSSR count). The van der Waals surface area contributed by atoms with Gasteiger partial charge in [-0.2, -0.15) is 5.26 Å². The quantitative estimate of drug-likeness (QED) is 0.567. The lowest BCUT2D eigenvalue weighted by atomic mass is 10.1. The van der Waals surface area contributed by atoms with Gasteiger partial charge in [-0.05, 0) is 48.9 Å². The number of allylic oxidation sites excluding steroid dienone is 1. The number of rotatable bonds is 7. The predicted molar refractivity (Wildman–Crippen MR) is 118 cm³/mol. The van der Waals surface area contributed by atoms with Crippen molar-refractivity contribution in [1.82, 2.24) is 0 Å². The molecule has 2 N–H and O–H groups in total. The number of carbonyl (C=O) groups is 1. The van der Waals surface area contributed by atoms with E-state index < -0.39 is 16.0 Å². The minimum absolute atomic E-state index is 0.0772. The smallest absolute Gasteiger partial charge is 0.335 e. The number of anilines is 1. The standard InChI is InChI=1S/C23H19ClN2O5S/c24-19-10-21(31-17-6-14-5-15(14)7-17)20(8-16(19)11-25)26-32(29,30)22-9-13(23(27)28)3-4-18(22)12-1-2-12/h3-5,8-10,12,14,17,26H,1-2,6-7H2,(H,27,28)/t14-,17+/m0/s1. The molecule has 2 aromatic rings. The van der Waals surface area contributed by atoms with Gasteiger partial charge in [0.15, 0.2) is 0 Å². The summed E-state index contributed by atoms with van der Waals surface area (Å²) in [5, 5.41) is 18.9. The third-order valence-corrected chi connectivity index (χ3v) is 7.79. The highest BCUT2D eigenvalue weighted by Gasteiger charge is 2.38. The van der Waals surface area contributed by atoms with Gasteiger partial charge in [-0.3, -0.25) is 4.72 Å². The fourth-order valence-corrected chi connectivity index (χ4v) is 5.78. The molecule has 9 heteroatoms. The van der Waals surface area contributed by atoms with Crippen molar-refractivity contribution < 1.29 is 23.1 Å². The van der Waals surface area contributed by atoms with Gasteiger partial charge >= 0.3 is 5.97 Å². The van der Waals surface area contributed by atoms with Gasteiger partial charge in [-0.15, -0.1) is 0 Å². The van der Waals surface area contributed by atoms with Crippen LogP contribution in [-0.2, 0) is 10.0 Å². The molecule has 0 aromatic heterocycles. The van der Waals surface area contributed by atoms with Gasteiger partial charge in [-0.25, -0.2) is 13.2 Å². The van der Waals surface area contributed by atoms with Gasteiger partial charge in [0.1, 0.15) is 17.9 Å². The molecule has 3 aliphatic carbocycles. The molecular formula is C23H19ClN2O5S. The summed E-state index contributed by atoms with van der Waals surface area (Å²) < 4.78 is 35.3. The maximum atomic E-state index is 13.4. The number of hydrogen-bond donors (Lipinski definition) is 2. The van der Waals surface area contributed by atoms with Gasteiger partial charge in [0.05, 0.1) is 26.7 Å². The second-order valence-electron chi connectivity index (χ2n) is 8.41. The number of sulfonamides is 1. The average molecular weight is 471 g/mol. The zero-order chi connectivity index (χ0) is 22.6. The molecule has 0 aliphatic heterocycles. The van der Waals surface area contributed by atoms with Crippen LogP contribution < -0.4 is 9.46 Å². The first-order valence-corrected chi connectivity index (χ1v) is 12.1. The van der Waals surface area contributed by atoms with E-state index in [0.29, 0.717) is 11.5 Å². The van der Waals surface area contributed by atoms with E-state index in [0.717, 1.165) is 25.7 Å². The minimum Gasteiger partial charge on any atom is -0.488 e. The van der Waals surface area contributed by atoms with E-state index in [9.17, 15) is 23.6 Å². The van der Waals surface area contributed by atoms with E-state index >= 15 is 0 Å². The van der Waals surface area contributed by atoms with Crippen LogP contribution in [0.4, 0.5) is 5.69 Å². The van der Waals surface area contributed by atoms with E-state index in [1.807, 2.05) is 6.07 Å². The van der Waals surface area contributed by atoms with E-state index in [1.54, 1.807) is 6.07 Å². The molecule has 2 atom stereocenters. The van der Waals surface area contributed by atoms with Crippen molar-refractivity contribution in [2.45, 2.75) is 42.6 Å². The van der Waals surface area contributed by atoms with Crippen LogP contribution in [0.5, 0.6) is 5.75 Å². The van der Waals surface area contributed by atoms with Gasteiger partial charge in [0.25, 0.3) is 10.0 Å². The molecule has 2 fully saturated rings. The zero-order valence-corrected chi connectivity index (χ0v) is 18.4. The Balaban J connectivity index is 1.52. The highest BCUT2D eigenvalue weighted by atomic mass is 35.5. The van der Waals surface area contributed by atoms with E-state index in [2.05, 4.69) is 10.8 Å². The molecule has 0 bridgehead atoms. The summed E-state index contributed by atoms with van der Waals surface area (Å²) in [5.74, 6) is -0.417. The number of aromatic carboxylic acids is 1. The molecule has 3 aliphatic rings. The van der Waals surface area contributed by atoms with Crippen LogP contribution in [0.15, 0.2) is 46.9 Å². The van der Waals surface area contributed by atoms with Crippen molar-refractivity contribution in [3.63, 3.8) is 0 Å². The number of carboxylic acid groups (broad SMARTS) is 1.